The van der Waals surface area contributed by atoms with E-state index < -0.39 is 11.0 Å². The first kappa shape index (κ1) is 14.3. The maximum atomic E-state index is 12.0. The van der Waals surface area contributed by atoms with Crippen LogP contribution in [0.2, 0.25) is 0 Å². The zero-order valence-electron chi connectivity index (χ0n) is 8.54. The fourth-order valence-corrected chi connectivity index (χ4v) is 1.59. The molecule has 0 fully saturated rings. The van der Waals surface area contributed by atoms with Gasteiger partial charge in [0.1, 0.15) is 4.83 Å². The summed E-state index contributed by atoms with van der Waals surface area (Å²) < 4.78 is 36.1. The molecule has 0 amide bonds. The third-order valence-electron chi connectivity index (χ3n) is 2.17. The van der Waals surface area contributed by atoms with Gasteiger partial charge in [-0.05, 0) is 6.42 Å². The first-order valence-electron chi connectivity index (χ1n) is 5.19. The second-order valence-corrected chi connectivity index (χ2v) is 4.67. The molecule has 1 atom stereocenters. The quantitative estimate of drug-likeness (QED) is 0.450. The Labute approximate surface area is 92.4 Å². The molecule has 0 nitrogen and oxygen atoms in total. The number of alkyl halides is 4. The van der Waals surface area contributed by atoms with Gasteiger partial charge in [0.15, 0.2) is 0 Å². The highest BCUT2D eigenvalue weighted by Gasteiger charge is 2.36. The minimum atomic E-state index is -4.08. The van der Waals surface area contributed by atoms with Crippen molar-refractivity contribution >= 4 is 15.9 Å². The van der Waals surface area contributed by atoms with E-state index in [1.807, 2.05) is 0 Å². The molecule has 0 radical (unpaired) electrons. The van der Waals surface area contributed by atoms with Crippen molar-refractivity contribution in [2.45, 2.75) is 62.9 Å². The van der Waals surface area contributed by atoms with E-state index in [0.717, 1.165) is 19.3 Å². The molecular weight excluding hydrogens is 257 g/mol. The summed E-state index contributed by atoms with van der Waals surface area (Å²) in [5.74, 6) is 0. The molecule has 86 valence electrons. The van der Waals surface area contributed by atoms with Crippen LogP contribution in [0.1, 0.15) is 51.9 Å². The Morgan fingerprint density at radius 1 is 1.00 bits per heavy atom. The minimum Gasteiger partial charge on any atom is -0.170 e. The van der Waals surface area contributed by atoms with Gasteiger partial charge in [0.25, 0.3) is 0 Å². The fraction of sp³-hybridized carbons (Fsp3) is 1.00. The third kappa shape index (κ3) is 7.65. The van der Waals surface area contributed by atoms with Gasteiger partial charge in [0.2, 0.25) is 0 Å². The van der Waals surface area contributed by atoms with Gasteiger partial charge >= 0.3 is 6.18 Å². The highest BCUT2D eigenvalue weighted by Crippen LogP contribution is 2.30. The molecule has 14 heavy (non-hydrogen) atoms. The van der Waals surface area contributed by atoms with Crippen LogP contribution < -0.4 is 0 Å². The van der Waals surface area contributed by atoms with Gasteiger partial charge in [0.05, 0.1) is 0 Å². The van der Waals surface area contributed by atoms with E-state index in [9.17, 15) is 13.2 Å². The highest BCUT2D eigenvalue weighted by molar-refractivity contribution is 9.09. The Kier molecular flexibility index (Phi) is 7.69. The summed E-state index contributed by atoms with van der Waals surface area (Å²) in [4.78, 5) is -1.32. The van der Waals surface area contributed by atoms with E-state index in [-0.39, 0.29) is 6.42 Å². The molecule has 0 aliphatic carbocycles. The van der Waals surface area contributed by atoms with Crippen molar-refractivity contribution < 1.29 is 13.2 Å². The van der Waals surface area contributed by atoms with Crippen LogP contribution in [0.4, 0.5) is 13.2 Å². The maximum absolute atomic E-state index is 12.0. The first-order valence-corrected chi connectivity index (χ1v) is 6.10. The summed E-state index contributed by atoms with van der Waals surface area (Å²) >= 11 is 2.66. The second-order valence-electron chi connectivity index (χ2n) is 3.57. The summed E-state index contributed by atoms with van der Waals surface area (Å²) in [6.45, 7) is 2.12. The zero-order valence-corrected chi connectivity index (χ0v) is 10.1. The Bertz CT molecular complexity index is 134. The summed E-state index contributed by atoms with van der Waals surface area (Å²) in [7, 11) is 0. The van der Waals surface area contributed by atoms with Crippen molar-refractivity contribution in [1.82, 2.24) is 0 Å². The van der Waals surface area contributed by atoms with Gasteiger partial charge in [-0.25, -0.2) is 0 Å². The van der Waals surface area contributed by atoms with Crippen LogP contribution in [0.15, 0.2) is 0 Å². The van der Waals surface area contributed by atoms with Crippen molar-refractivity contribution in [1.29, 1.82) is 0 Å². The van der Waals surface area contributed by atoms with Crippen LogP contribution in [0.3, 0.4) is 0 Å². The van der Waals surface area contributed by atoms with Crippen molar-refractivity contribution in [2.75, 3.05) is 0 Å². The van der Waals surface area contributed by atoms with E-state index in [2.05, 4.69) is 22.9 Å². The summed E-state index contributed by atoms with van der Waals surface area (Å²) in [5, 5.41) is 0. The fourth-order valence-electron chi connectivity index (χ4n) is 1.27. The Morgan fingerprint density at radius 2 is 1.50 bits per heavy atom. The lowest BCUT2D eigenvalue weighted by Gasteiger charge is -2.13. The molecule has 0 aromatic rings. The van der Waals surface area contributed by atoms with Crippen LogP contribution in [0.5, 0.6) is 0 Å². The molecule has 0 aromatic heterocycles. The second kappa shape index (κ2) is 7.55. The van der Waals surface area contributed by atoms with Gasteiger partial charge in [-0.1, -0.05) is 61.4 Å². The highest BCUT2D eigenvalue weighted by atomic mass is 79.9. The smallest absolute Gasteiger partial charge is 0.170 e. The molecule has 1 unspecified atom stereocenters. The standard InChI is InChI=1S/C10H18BrF3/c1-2-3-4-5-6-7-8-9(11)10(12,13)14/h9H,2-8H2,1H3. The normalized spacial score (nSPS) is 14.4. The molecule has 0 aromatic carbocycles. The summed E-state index contributed by atoms with van der Waals surface area (Å²) in [6.07, 6.45) is 2.28. The van der Waals surface area contributed by atoms with Crippen LogP contribution >= 0.6 is 15.9 Å². The molecule has 0 aliphatic heterocycles. The van der Waals surface area contributed by atoms with E-state index in [1.165, 1.54) is 12.8 Å². The van der Waals surface area contributed by atoms with E-state index in [0.29, 0.717) is 6.42 Å². The van der Waals surface area contributed by atoms with Crippen LogP contribution in [0, 0.1) is 0 Å². The number of rotatable bonds is 7. The maximum Gasteiger partial charge on any atom is 0.401 e. The lowest BCUT2D eigenvalue weighted by atomic mass is 10.1. The predicted octanol–water partition coefficient (Wildman–Crippen LogP) is 5.06. The Balaban J connectivity index is 3.28. The number of hydrogen-bond donors (Lipinski definition) is 0. The van der Waals surface area contributed by atoms with Gasteiger partial charge in [-0.15, -0.1) is 0 Å². The van der Waals surface area contributed by atoms with Gasteiger partial charge in [-0.2, -0.15) is 13.2 Å². The van der Waals surface area contributed by atoms with Gasteiger partial charge in [-0.3, -0.25) is 0 Å². The van der Waals surface area contributed by atoms with Crippen molar-refractivity contribution in [2.24, 2.45) is 0 Å². The number of halogens is 4. The number of unbranched alkanes of at least 4 members (excludes halogenated alkanes) is 5. The van der Waals surface area contributed by atoms with E-state index >= 15 is 0 Å². The molecule has 0 saturated heterocycles. The Morgan fingerprint density at radius 3 is 2.00 bits per heavy atom. The van der Waals surface area contributed by atoms with Crippen molar-refractivity contribution in [3.8, 4) is 0 Å². The predicted molar refractivity (Wildman–Crippen MR) is 56.8 cm³/mol. The largest absolute Gasteiger partial charge is 0.401 e. The molecular formula is C10H18BrF3. The lowest BCUT2D eigenvalue weighted by Crippen LogP contribution is -2.22. The molecule has 0 bridgehead atoms. The molecule has 0 N–H and O–H groups in total. The molecule has 0 saturated carbocycles. The van der Waals surface area contributed by atoms with Gasteiger partial charge in [0, 0.05) is 0 Å². The van der Waals surface area contributed by atoms with Crippen LogP contribution in [-0.2, 0) is 0 Å². The SMILES string of the molecule is CCCCCCCCC(Br)C(F)(F)F. The molecule has 0 rings (SSSR count). The average Bonchev–Trinajstić information content (AvgIpc) is 2.09. The van der Waals surface area contributed by atoms with Crippen molar-refractivity contribution in [3.05, 3.63) is 0 Å². The van der Waals surface area contributed by atoms with E-state index in [4.69, 9.17) is 0 Å². The Hall–Kier alpha value is 0.270. The van der Waals surface area contributed by atoms with Crippen molar-refractivity contribution in [3.63, 3.8) is 0 Å². The minimum absolute atomic E-state index is 0.204. The topological polar surface area (TPSA) is 0 Å². The van der Waals surface area contributed by atoms with Gasteiger partial charge < -0.3 is 0 Å². The summed E-state index contributed by atoms with van der Waals surface area (Å²) in [5.41, 5.74) is 0. The molecule has 0 aliphatic rings. The van der Waals surface area contributed by atoms with Crippen LogP contribution in [-0.4, -0.2) is 11.0 Å². The molecule has 4 heteroatoms. The van der Waals surface area contributed by atoms with E-state index in [1.54, 1.807) is 0 Å². The lowest BCUT2D eigenvalue weighted by molar-refractivity contribution is -0.128. The first-order chi connectivity index (χ1) is 6.48. The molecule has 0 heterocycles. The average molecular weight is 275 g/mol. The number of hydrogen-bond acceptors (Lipinski definition) is 0. The monoisotopic (exact) mass is 274 g/mol. The third-order valence-corrected chi connectivity index (χ3v) is 3.14. The zero-order chi connectivity index (χ0) is 11.0. The van der Waals surface area contributed by atoms with Crippen LogP contribution in [0.25, 0.3) is 0 Å². The summed E-state index contributed by atoms with van der Waals surface area (Å²) in [6, 6.07) is 0. The molecule has 0 spiro atoms.